The molecule has 174 valence electrons. The molecule has 1 atom stereocenters. The molecule has 1 N–H and O–H groups in total. The van der Waals surface area contributed by atoms with Gasteiger partial charge in [0.05, 0.1) is 23.5 Å². The maximum Gasteiger partial charge on any atom is 0.437 e. The van der Waals surface area contributed by atoms with E-state index in [0.717, 1.165) is 28.8 Å². The van der Waals surface area contributed by atoms with Gasteiger partial charge in [-0.15, -0.1) is 4.68 Å². The lowest BCUT2D eigenvalue weighted by Gasteiger charge is -2.20. The van der Waals surface area contributed by atoms with Crippen LogP contribution in [0.25, 0.3) is 5.69 Å². The van der Waals surface area contributed by atoms with E-state index in [0.29, 0.717) is 17.2 Å². The highest BCUT2D eigenvalue weighted by Gasteiger charge is 2.31. The molecule has 0 saturated heterocycles. The van der Waals surface area contributed by atoms with Crippen molar-refractivity contribution in [2.24, 2.45) is 0 Å². The van der Waals surface area contributed by atoms with Crippen molar-refractivity contribution in [3.05, 3.63) is 59.3 Å². The van der Waals surface area contributed by atoms with Gasteiger partial charge in [-0.25, -0.2) is 13.9 Å². The molecule has 0 aliphatic heterocycles. The average Bonchev–Trinajstić information content (AvgIpc) is 3.28. The first kappa shape index (κ1) is 22.7. The van der Waals surface area contributed by atoms with Gasteiger partial charge in [0, 0.05) is 23.7 Å². The van der Waals surface area contributed by atoms with E-state index in [4.69, 9.17) is 4.74 Å². The first-order chi connectivity index (χ1) is 15.5. The molecule has 1 aliphatic carbocycles. The number of nitrogens with zero attached hydrogens (tertiary/aromatic N) is 4. The summed E-state index contributed by atoms with van der Waals surface area (Å²) >= 11 is 0. The van der Waals surface area contributed by atoms with Crippen molar-refractivity contribution >= 4 is 17.8 Å². The lowest BCUT2D eigenvalue weighted by Crippen LogP contribution is -2.29. The summed E-state index contributed by atoms with van der Waals surface area (Å²) in [6.45, 7) is 8.86. The molecule has 1 unspecified atom stereocenters. The fourth-order valence-corrected chi connectivity index (χ4v) is 3.45. The normalized spacial score (nSPS) is 14.7. The van der Waals surface area contributed by atoms with Crippen LogP contribution in [-0.2, 0) is 9.53 Å². The van der Waals surface area contributed by atoms with Crippen LogP contribution < -0.4 is 5.32 Å². The smallest absolute Gasteiger partial charge is 0.437 e. The number of rotatable bonds is 5. The van der Waals surface area contributed by atoms with Gasteiger partial charge in [0.2, 0.25) is 5.91 Å². The van der Waals surface area contributed by atoms with E-state index in [1.807, 2.05) is 6.07 Å². The average molecular weight is 454 g/mol. The zero-order valence-electron chi connectivity index (χ0n) is 19.4. The number of ether oxygens (including phenoxy) is 1. The third-order valence-electron chi connectivity index (χ3n) is 5.33. The van der Waals surface area contributed by atoms with Gasteiger partial charge in [0.15, 0.2) is 0 Å². The van der Waals surface area contributed by atoms with Crippen molar-refractivity contribution in [3.8, 4) is 5.69 Å². The molecule has 1 fully saturated rings. The van der Waals surface area contributed by atoms with Crippen molar-refractivity contribution < 1.29 is 18.7 Å². The second-order valence-corrected chi connectivity index (χ2v) is 9.54. The fourth-order valence-electron chi connectivity index (χ4n) is 3.45. The van der Waals surface area contributed by atoms with Gasteiger partial charge in [-0.1, -0.05) is 0 Å². The molecule has 1 amide bonds. The predicted octanol–water partition coefficient (Wildman–Crippen LogP) is 4.92. The summed E-state index contributed by atoms with van der Waals surface area (Å²) in [7, 11) is 0. The number of aryl methyl sites for hydroxylation is 1. The van der Waals surface area contributed by atoms with Crippen molar-refractivity contribution in [3.63, 3.8) is 0 Å². The number of hydrogen-bond donors (Lipinski definition) is 1. The third kappa shape index (κ3) is 5.30. The summed E-state index contributed by atoms with van der Waals surface area (Å²) in [6, 6.07) is 6.36. The summed E-state index contributed by atoms with van der Waals surface area (Å²) in [5.41, 5.74) is 2.07. The number of carbonyl (C=O) groups is 2. The fraction of sp³-hybridized carbons (Fsp3) is 0.417. The molecule has 2 aromatic heterocycles. The number of nitrogens with one attached hydrogen (secondary N) is 1. The Bertz CT molecular complexity index is 1180. The van der Waals surface area contributed by atoms with E-state index in [1.165, 1.54) is 16.8 Å². The second-order valence-electron chi connectivity index (χ2n) is 9.54. The maximum atomic E-state index is 13.8. The minimum atomic E-state index is -0.693. The number of halogens is 1. The van der Waals surface area contributed by atoms with Crippen molar-refractivity contribution in [1.82, 2.24) is 19.6 Å². The van der Waals surface area contributed by atoms with E-state index in [1.54, 1.807) is 53.1 Å². The van der Waals surface area contributed by atoms with Gasteiger partial charge in [-0.2, -0.15) is 10.2 Å². The summed E-state index contributed by atoms with van der Waals surface area (Å²) < 4.78 is 21.9. The predicted molar refractivity (Wildman–Crippen MR) is 121 cm³/mol. The molecule has 4 rings (SSSR count). The van der Waals surface area contributed by atoms with Crippen molar-refractivity contribution in [2.45, 2.75) is 64.9 Å². The van der Waals surface area contributed by atoms with Crippen molar-refractivity contribution in [2.75, 3.05) is 5.32 Å². The lowest BCUT2D eigenvalue weighted by atomic mass is 10.0. The Kier molecular flexibility index (Phi) is 5.82. The van der Waals surface area contributed by atoms with Gasteiger partial charge in [-0.05, 0) is 71.2 Å². The Balaban J connectivity index is 1.53. The Morgan fingerprint density at radius 3 is 2.58 bits per heavy atom. The molecule has 1 aliphatic rings. The van der Waals surface area contributed by atoms with Crippen LogP contribution >= 0.6 is 0 Å². The number of amides is 1. The van der Waals surface area contributed by atoms with Crippen LogP contribution in [0.3, 0.4) is 0 Å². The van der Waals surface area contributed by atoms with Gasteiger partial charge in [0.25, 0.3) is 0 Å². The minimum absolute atomic E-state index is 0.274. The Hall–Kier alpha value is -3.49. The molecule has 1 saturated carbocycles. The monoisotopic (exact) mass is 453 g/mol. The molecule has 0 spiro atoms. The zero-order valence-corrected chi connectivity index (χ0v) is 19.4. The first-order valence-electron chi connectivity index (χ1n) is 11.0. The van der Waals surface area contributed by atoms with E-state index in [2.05, 4.69) is 15.5 Å². The number of carbonyl (C=O) groups excluding carboxylic acids is 2. The molecular formula is C24H28FN5O3. The molecule has 0 bridgehead atoms. The highest BCUT2D eigenvalue weighted by atomic mass is 19.1. The number of anilines is 1. The van der Waals surface area contributed by atoms with Crippen LogP contribution in [0.1, 0.15) is 69.2 Å². The van der Waals surface area contributed by atoms with E-state index < -0.39 is 17.6 Å². The van der Waals surface area contributed by atoms with Crippen LogP contribution in [0.2, 0.25) is 0 Å². The number of hydrogen-bond acceptors (Lipinski definition) is 5. The van der Waals surface area contributed by atoms with E-state index in [9.17, 15) is 14.0 Å². The summed E-state index contributed by atoms with van der Waals surface area (Å²) in [5, 5.41) is 11.5. The SMILES string of the molecule is Cc1cc(F)cc(-n2cc(C(C)C(=O)Nc3cc(C4CC4)nn3C(=O)OC(C)(C)C)cn2)c1. The van der Waals surface area contributed by atoms with Crippen molar-refractivity contribution in [1.29, 1.82) is 0 Å². The zero-order chi connectivity index (χ0) is 23.9. The Morgan fingerprint density at radius 2 is 1.94 bits per heavy atom. The quantitative estimate of drug-likeness (QED) is 0.592. The molecule has 3 aromatic rings. The number of aromatic nitrogens is 4. The molecule has 9 heteroatoms. The van der Waals surface area contributed by atoms with Crippen LogP contribution in [0, 0.1) is 12.7 Å². The Morgan fingerprint density at radius 1 is 1.21 bits per heavy atom. The maximum absolute atomic E-state index is 13.8. The largest absolute Gasteiger partial charge is 0.442 e. The van der Waals surface area contributed by atoms with Gasteiger partial charge < -0.3 is 10.1 Å². The topological polar surface area (TPSA) is 91.0 Å². The summed E-state index contributed by atoms with van der Waals surface area (Å²) in [6.07, 6.45) is 4.64. The third-order valence-corrected chi connectivity index (χ3v) is 5.33. The van der Waals surface area contributed by atoms with Gasteiger partial charge >= 0.3 is 6.09 Å². The molecule has 8 nitrogen and oxygen atoms in total. The molecule has 33 heavy (non-hydrogen) atoms. The summed E-state index contributed by atoms with van der Waals surface area (Å²) in [5.74, 6) is -0.669. The summed E-state index contributed by atoms with van der Waals surface area (Å²) in [4.78, 5) is 25.7. The first-order valence-corrected chi connectivity index (χ1v) is 11.0. The Labute approximate surface area is 191 Å². The molecule has 2 heterocycles. The van der Waals surface area contributed by atoms with Crippen LogP contribution in [0.15, 0.2) is 36.7 Å². The van der Waals surface area contributed by atoms with Crippen LogP contribution in [0.4, 0.5) is 15.0 Å². The standard InChI is InChI=1S/C24H28FN5O3/c1-14-8-18(25)10-19(9-14)29-13-17(12-26-29)15(2)22(31)27-21-11-20(16-6-7-16)28-30(21)23(32)33-24(3,4)5/h8-13,15-16H,6-7H2,1-5H3,(H,27,31). The number of benzene rings is 1. The second kappa shape index (κ2) is 8.46. The van der Waals surface area contributed by atoms with Crippen LogP contribution in [0.5, 0.6) is 0 Å². The highest BCUT2D eigenvalue weighted by Crippen LogP contribution is 2.40. The van der Waals surface area contributed by atoms with Gasteiger partial charge in [0.1, 0.15) is 17.2 Å². The molecule has 0 radical (unpaired) electrons. The van der Waals surface area contributed by atoms with E-state index in [-0.39, 0.29) is 17.5 Å². The van der Waals surface area contributed by atoms with E-state index >= 15 is 0 Å². The van der Waals surface area contributed by atoms with Crippen LogP contribution in [-0.4, -0.2) is 37.2 Å². The highest BCUT2D eigenvalue weighted by molar-refractivity contribution is 5.96. The minimum Gasteiger partial charge on any atom is -0.442 e. The lowest BCUT2D eigenvalue weighted by molar-refractivity contribution is -0.117. The molecular weight excluding hydrogens is 425 g/mol. The molecule has 1 aromatic carbocycles. The van der Waals surface area contributed by atoms with Gasteiger partial charge in [-0.3, -0.25) is 4.79 Å².